The second kappa shape index (κ2) is 2.91. The molecule has 0 spiro atoms. The van der Waals surface area contributed by atoms with E-state index in [9.17, 15) is 4.79 Å². The van der Waals surface area contributed by atoms with Crippen molar-refractivity contribution in [3.05, 3.63) is 34.3 Å². The number of carbonyl (C=O) groups is 1. The normalized spacial score (nSPS) is 16.1. The first-order valence-corrected chi connectivity index (χ1v) is 4.43. The van der Waals surface area contributed by atoms with E-state index >= 15 is 0 Å². The van der Waals surface area contributed by atoms with E-state index in [1.165, 1.54) is 12.8 Å². The molecule has 0 saturated heterocycles. The molecule has 0 aliphatic heterocycles. The van der Waals surface area contributed by atoms with Crippen LogP contribution in [0.2, 0.25) is 5.02 Å². The molecule has 1 aliphatic rings. The summed E-state index contributed by atoms with van der Waals surface area (Å²) < 4.78 is 0. The van der Waals surface area contributed by atoms with Gasteiger partial charge in [-0.3, -0.25) is 4.79 Å². The summed E-state index contributed by atoms with van der Waals surface area (Å²) in [4.78, 5) is 10.7. The number of hydrogen-bond acceptors (Lipinski definition) is 1. The zero-order valence-corrected chi connectivity index (χ0v) is 7.34. The Morgan fingerprint density at radius 3 is 2.75 bits per heavy atom. The predicted octanol–water partition coefficient (Wildman–Crippen LogP) is 3.03. The summed E-state index contributed by atoms with van der Waals surface area (Å²) >= 11 is 5.76. The van der Waals surface area contributed by atoms with E-state index in [0.29, 0.717) is 10.9 Å². The highest BCUT2D eigenvalue weighted by Crippen LogP contribution is 2.41. The summed E-state index contributed by atoms with van der Waals surface area (Å²) in [6.45, 7) is 0. The summed E-state index contributed by atoms with van der Waals surface area (Å²) in [7, 11) is 0. The van der Waals surface area contributed by atoms with Crippen LogP contribution in [0.4, 0.5) is 0 Å². The van der Waals surface area contributed by atoms with Gasteiger partial charge in [0.25, 0.3) is 0 Å². The first kappa shape index (κ1) is 7.81. The van der Waals surface area contributed by atoms with Crippen molar-refractivity contribution >= 4 is 17.9 Å². The van der Waals surface area contributed by atoms with Gasteiger partial charge in [-0.05, 0) is 36.5 Å². The highest BCUT2D eigenvalue weighted by Gasteiger charge is 2.25. The number of hydrogen-bond donors (Lipinski definition) is 0. The average Bonchev–Trinajstić information content (AvgIpc) is 2.87. The van der Waals surface area contributed by atoms with Crippen LogP contribution < -0.4 is 0 Å². The van der Waals surface area contributed by atoms with E-state index in [4.69, 9.17) is 11.6 Å². The van der Waals surface area contributed by atoms with Crippen molar-refractivity contribution in [1.82, 2.24) is 0 Å². The highest BCUT2D eigenvalue weighted by molar-refractivity contribution is 6.30. The molecule has 0 radical (unpaired) electrons. The van der Waals surface area contributed by atoms with Crippen LogP contribution in [0.5, 0.6) is 0 Å². The quantitative estimate of drug-likeness (QED) is 0.640. The number of carbonyl (C=O) groups excluding carboxylic acids is 1. The summed E-state index contributed by atoms with van der Waals surface area (Å²) in [6, 6.07) is 5.55. The van der Waals surface area contributed by atoms with Crippen LogP contribution in [0.3, 0.4) is 0 Å². The first-order valence-electron chi connectivity index (χ1n) is 4.06. The van der Waals surface area contributed by atoms with Crippen LogP contribution in [-0.4, -0.2) is 6.29 Å². The lowest BCUT2D eigenvalue weighted by atomic mass is 10.0. The Labute approximate surface area is 76.4 Å². The largest absolute Gasteiger partial charge is 0.298 e. The molecular formula is C10H9ClO. The zero-order valence-electron chi connectivity index (χ0n) is 6.59. The standard InChI is InChI=1S/C10H9ClO/c11-9-3-4-10(7-1-2-7)8(5-9)6-12/h3-7H,1-2H2. The van der Waals surface area contributed by atoms with Crippen LogP contribution in [-0.2, 0) is 0 Å². The topological polar surface area (TPSA) is 17.1 Å². The lowest BCUT2D eigenvalue weighted by Crippen LogP contribution is -1.89. The molecule has 1 fully saturated rings. The Bertz CT molecular complexity index is 316. The third-order valence-electron chi connectivity index (χ3n) is 2.19. The molecule has 1 aromatic carbocycles. The van der Waals surface area contributed by atoms with E-state index in [1.807, 2.05) is 12.1 Å². The van der Waals surface area contributed by atoms with Crippen LogP contribution >= 0.6 is 11.6 Å². The van der Waals surface area contributed by atoms with Gasteiger partial charge in [-0.2, -0.15) is 0 Å². The molecule has 0 heterocycles. The molecule has 1 aliphatic carbocycles. The van der Waals surface area contributed by atoms with Gasteiger partial charge in [0.1, 0.15) is 6.29 Å². The van der Waals surface area contributed by atoms with Gasteiger partial charge in [0.05, 0.1) is 0 Å². The Morgan fingerprint density at radius 1 is 1.42 bits per heavy atom. The van der Waals surface area contributed by atoms with Gasteiger partial charge in [0, 0.05) is 10.6 Å². The minimum Gasteiger partial charge on any atom is -0.298 e. The average molecular weight is 181 g/mol. The fourth-order valence-electron chi connectivity index (χ4n) is 1.41. The minimum absolute atomic E-state index is 0.613. The predicted molar refractivity (Wildman–Crippen MR) is 48.8 cm³/mol. The molecule has 62 valence electrons. The summed E-state index contributed by atoms with van der Waals surface area (Å²) in [5.74, 6) is 0.613. The third-order valence-corrected chi connectivity index (χ3v) is 2.43. The molecule has 2 rings (SSSR count). The van der Waals surface area contributed by atoms with Gasteiger partial charge in [0.15, 0.2) is 0 Å². The highest BCUT2D eigenvalue weighted by atomic mass is 35.5. The van der Waals surface area contributed by atoms with E-state index in [1.54, 1.807) is 6.07 Å². The van der Waals surface area contributed by atoms with E-state index < -0.39 is 0 Å². The Hall–Kier alpha value is -0.820. The molecule has 1 nitrogen and oxygen atoms in total. The molecule has 1 aromatic rings. The van der Waals surface area contributed by atoms with Crippen LogP contribution in [0, 0.1) is 0 Å². The summed E-state index contributed by atoms with van der Waals surface area (Å²) in [5.41, 5.74) is 1.92. The van der Waals surface area contributed by atoms with Crippen LogP contribution in [0.1, 0.15) is 34.7 Å². The summed E-state index contributed by atoms with van der Waals surface area (Å²) in [5, 5.41) is 0.640. The van der Waals surface area contributed by atoms with E-state index in [-0.39, 0.29) is 0 Å². The molecular weight excluding hydrogens is 172 g/mol. The van der Waals surface area contributed by atoms with Gasteiger partial charge >= 0.3 is 0 Å². The maximum atomic E-state index is 10.7. The van der Waals surface area contributed by atoms with Crippen molar-refractivity contribution in [2.45, 2.75) is 18.8 Å². The molecule has 0 unspecified atom stereocenters. The van der Waals surface area contributed by atoms with Gasteiger partial charge in [0.2, 0.25) is 0 Å². The van der Waals surface area contributed by atoms with Crippen molar-refractivity contribution < 1.29 is 4.79 Å². The molecule has 2 heteroatoms. The first-order chi connectivity index (χ1) is 5.81. The minimum atomic E-state index is 0.613. The summed E-state index contributed by atoms with van der Waals surface area (Å²) in [6.07, 6.45) is 3.31. The van der Waals surface area contributed by atoms with E-state index in [0.717, 1.165) is 17.4 Å². The van der Waals surface area contributed by atoms with Crippen molar-refractivity contribution in [2.75, 3.05) is 0 Å². The van der Waals surface area contributed by atoms with Crippen LogP contribution in [0.15, 0.2) is 18.2 Å². The molecule has 0 atom stereocenters. The smallest absolute Gasteiger partial charge is 0.150 e. The second-order valence-electron chi connectivity index (χ2n) is 3.17. The van der Waals surface area contributed by atoms with Gasteiger partial charge in [-0.25, -0.2) is 0 Å². The third kappa shape index (κ3) is 1.37. The van der Waals surface area contributed by atoms with Gasteiger partial charge in [-0.1, -0.05) is 17.7 Å². The molecule has 0 amide bonds. The Balaban J connectivity index is 2.44. The van der Waals surface area contributed by atoms with Gasteiger partial charge in [-0.15, -0.1) is 0 Å². The second-order valence-corrected chi connectivity index (χ2v) is 3.60. The lowest BCUT2D eigenvalue weighted by Gasteiger charge is -2.01. The lowest BCUT2D eigenvalue weighted by molar-refractivity contribution is 0.112. The molecule has 0 bridgehead atoms. The zero-order chi connectivity index (χ0) is 8.55. The molecule has 0 N–H and O–H groups in total. The van der Waals surface area contributed by atoms with Gasteiger partial charge < -0.3 is 0 Å². The number of aldehydes is 1. The SMILES string of the molecule is O=Cc1cc(Cl)ccc1C1CC1. The van der Waals surface area contributed by atoms with Crippen molar-refractivity contribution in [3.8, 4) is 0 Å². The fraction of sp³-hybridized carbons (Fsp3) is 0.300. The fourth-order valence-corrected chi connectivity index (χ4v) is 1.59. The Kier molecular flexibility index (Phi) is 1.89. The molecule has 1 saturated carbocycles. The van der Waals surface area contributed by atoms with E-state index in [2.05, 4.69) is 0 Å². The van der Waals surface area contributed by atoms with Crippen molar-refractivity contribution in [2.24, 2.45) is 0 Å². The number of halogens is 1. The maximum Gasteiger partial charge on any atom is 0.150 e. The monoisotopic (exact) mass is 180 g/mol. The van der Waals surface area contributed by atoms with Crippen LogP contribution in [0.25, 0.3) is 0 Å². The molecule has 12 heavy (non-hydrogen) atoms. The number of rotatable bonds is 2. The van der Waals surface area contributed by atoms with Crippen molar-refractivity contribution in [1.29, 1.82) is 0 Å². The maximum absolute atomic E-state index is 10.7. The molecule has 0 aromatic heterocycles. The Morgan fingerprint density at radius 2 is 2.17 bits per heavy atom. The van der Waals surface area contributed by atoms with Crippen molar-refractivity contribution in [3.63, 3.8) is 0 Å². The number of benzene rings is 1.